The number of carbonyl (C=O) groups is 1. The van der Waals surface area contributed by atoms with Crippen LogP contribution in [0.4, 0.5) is 0 Å². The van der Waals surface area contributed by atoms with Gasteiger partial charge >= 0.3 is 0 Å². The summed E-state index contributed by atoms with van der Waals surface area (Å²) in [6.07, 6.45) is 0. The third kappa shape index (κ3) is 4.74. The Balaban J connectivity index is 0.000000246. The number of rotatable bonds is 1. The van der Waals surface area contributed by atoms with Gasteiger partial charge in [-0.05, 0) is 0 Å². The van der Waals surface area contributed by atoms with Crippen molar-refractivity contribution in [2.24, 2.45) is 5.73 Å². The van der Waals surface area contributed by atoms with Gasteiger partial charge in [-0.3, -0.25) is 4.79 Å². The van der Waals surface area contributed by atoms with E-state index in [-0.39, 0.29) is 25.7 Å². The molecule has 2 aromatic carbocycles. The topological polar surface area (TPSA) is 43.1 Å². The first-order chi connectivity index (χ1) is 6.30. The molecule has 0 saturated heterocycles. The third-order valence-corrected chi connectivity index (χ3v) is 1.50. The molecule has 2 nitrogen and oxygen atoms in total. The quantitative estimate of drug-likeness (QED) is 0.773. The molecule has 2 N–H and O–H groups in total. The van der Waals surface area contributed by atoms with Gasteiger partial charge in [0.1, 0.15) is 0 Å². The Morgan fingerprint density at radius 1 is 1.00 bits per heavy atom. The molecule has 80 valence electrons. The van der Waals surface area contributed by atoms with Gasteiger partial charge in [0, 0.05) is 19.8 Å². The average Bonchev–Trinajstić information content (AvgIpc) is 2.82. The van der Waals surface area contributed by atoms with Crippen molar-refractivity contribution in [3.63, 3.8) is 0 Å². The number of carbonyl (C=O) groups excluding carboxylic acids is 1. The van der Waals surface area contributed by atoms with Crippen LogP contribution >= 0.6 is 0 Å². The molecular weight excluding hydrogens is 352 g/mol. The van der Waals surface area contributed by atoms with Gasteiger partial charge in [-0.25, -0.2) is 12.1 Å². The second kappa shape index (κ2) is 7.23. The fourth-order valence-corrected chi connectivity index (χ4v) is 0.859. The molecule has 0 radical (unpaired) electrons. The van der Waals surface area contributed by atoms with Crippen LogP contribution in [0.15, 0.2) is 54.6 Å². The molecule has 0 atom stereocenters. The van der Waals surface area contributed by atoms with Gasteiger partial charge in [-0.1, -0.05) is 5.56 Å². The number of amides is 1. The van der Waals surface area contributed by atoms with Crippen LogP contribution < -0.4 is 5.73 Å². The molecule has 14 heavy (non-hydrogen) atoms. The van der Waals surface area contributed by atoms with Crippen molar-refractivity contribution in [2.45, 2.75) is 0 Å². The smallest absolute Gasteiger partial charge is 0.192 e. The standard InChI is InChI=1S/C6H6NO.C5H5.Os/c7-6(8)5-3-1-2-4-5;1-2-4-5-3-1;/h1-4H,(H2,7,8);1-5H;/q-1;-5;. The minimum absolute atomic E-state index is 0. The molecule has 3 heteroatoms. The van der Waals surface area contributed by atoms with Crippen LogP contribution in [0.5, 0.6) is 0 Å². The molecule has 2 rings (SSSR count). The molecule has 0 aliphatic heterocycles. The first-order valence-corrected chi connectivity index (χ1v) is 3.99. The van der Waals surface area contributed by atoms with Crippen molar-refractivity contribution in [1.29, 1.82) is 0 Å². The van der Waals surface area contributed by atoms with Crippen molar-refractivity contribution in [2.75, 3.05) is 0 Å². The number of hydrogen-bond donors (Lipinski definition) is 1. The molecule has 0 aliphatic rings. The number of hydrogen-bond acceptors (Lipinski definition) is 1. The van der Waals surface area contributed by atoms with E-state index in [0.29, 0.717) is 5.56 Å². The zero-order valence-electron chi connectivity index (χ0n) is 7.54. The van der Waals surface area contributed by atoms with Crippen molar-refractivity contribution in [3.8, 4) is 0 Å². The average molecular weight is 363 g/mol. The molecule has 0 heterocycles. The third-order valence-electron chi connectivity index (χ3n) is 1.50. The van der Waals surface area contributed by atoms with E-state index >= 15 is 0 Å². The monoisotopic (exact) mass is 365 g/mol. The summed E-state index contributed by atoms with van der Waals surface area (Å²) in [5.74, 6) is -0.366. The molecular formula is C11H11NOOs-6. The first kappa shape index (κ1) is 12.8. The molecule has 0 saturated carbocycles. The second-order valence-corrected chi connectivity index (χ2v) is 2.50. The number of primary amides is 1. The van der Waals surface area contributed by atoms with Crippen molar-refractivity contribution in [3.05, 3.63) is 60.2 Å². The van der Waals surface area contributed by atoms with Crippen LogP contribution in [0.2, 0.25) is 0 Å². The molecule has 0 fully saturated rings. The van der Waals surface area contributed by atoms with E-state index in [0.717, 1.165) is 0 Å². The van der Waals surface area contributed by atoms with Gasteiger partial charge in [0.25, 0.3) is 0 Å². The summed E-state index contributed by atoms with van der Waals surface area (Å²) < 4.78 is 0. The van der Waals surface area contributed by atoms with Crippen molar-refractivity contribution < 1.29 is 24.6 Å². The molecule has 0 aliphatic carbocycles. The fraction of sp³-hybridized carbons (Fsp3) is 0. The number of nitrogens with two attached hydrogens (primary N) is 1. The maximum atomic E-state index is 10.3. The predicted molar refractivity (Wildman–Crippen MR) is 52.6 cm³/mol. The van der Waals surface area contributed by atoms with Crippen LogP contribution in [-0.2, 0) is 19.8 Å². The summed E-state index contributed by atoms with van der Waals surface area (Å²) in [4.78, 5) is 10.3. The van der Waals surface area contributed by atoms with Crippen LogP contribution in [0.3, 0.4) is 0 Å². The summed E-state index contributed by atoms with van der Waals surface area (Å²) in [5.41, 5.74) is 5.49. The van der Waals surface area contributed by atoms with E-state index in [1.807, 2.05) is 30.3 Å². The Kier molecular flexibility index (Phi) is 6.62. The molecule has 1 amide bonds. The Morgan fingerprint density at radius 2 is 1.36 bits per heavy atom. The minimum atomic E-state index is -0.366. The van der Waals surface area contributed by atoms with Gasteiger partial charge in [0.15, 0.2) is 5.91 Å². The molecule has 0 spiro atoms. The Bertz CT molecular complexity index is 307. The van der Waals surface area contributed by atoms with Crippen LogP contribution in [0.25, 0.3) is 0 Å². The first-order valence-electron chi connectivity index (χ1n) is 3.99. The van der Waals surface area contributed by atoms with Crippen molar-refractivity contribution >= 4 is 5.91 Å². The van der Waals surface area contributed by atoms with Crippen LogP contribution in [-0.4, -0.2) is 5.91 Å². The molecule has 0 aromatic heterocycles. The maximum Gasteiger partial charge on any atom is 0.192 e. The Morgan fingerprint density at radius 3 is 1.57 bits per heavy atom. The zero-order valence-corrected chi connectivity index (χ0v) is 10.1. The zero-order chi connectivity index (χ0) is 9.52. The summed E-state index contributed by atoms with van der Waals surface area (Å²) in [6, 6.07) is 16.9. The van der Waals surface area contributed by atoms with E-state index < -0.39 is 0 Å². The normalized spacial score (nSPS) is 8.00. The Hall–Kier alpha value is -1.19. The van der Waals surface area contributed by atoms with Gasteiger partial charge in [0.2, 0.25) is 0 Å². The summed E-state index contributed by atoms with van der Waals surface area (Å²) in [5, 5.41) is 0. The molecule has 0 unspecified atom stereocenters. The largest absolute Gasteiger partial charge is 0.748 e. The second-order valence-electron chi connectivity index (χ2n) is 2.50. The SMILES string of the molecule is NC(=O)[c-]1cccc1.[Os].[cH-]1[cH-][cH-][cH-][cH-]1. The minimum Gasteiger partial charge on any atom is -0.748 e. The maximum absolute atomic E-state index is 10.3. The van der Waals surface area contributed by atoms with E-state index in [2.05, 4.69) is 0 Å². The van der Waals surface area contributed by atoms with E-state index in [4.69, 9.17) is 5.73 Å². The van der Waals surface area contributed by atoms with E-state index in [9.17, 15) is 4.79 Å². The molecule has 0 bridgehead atoms. The van der Waals surface area contributed by atoms with Gasteiger partial charge < -0.3 is 36.1 Å². The van der Waals surface area contributed by atoms with E-state index in [1.165, 1.54) is 0 Å². The van der Waals surface area contributed by atoms with Crippen molar-refractivity contribution in [1.82, 2.24) is 0 Å². The summed E-state index contributed by atoms with van der Waals surface area (Å²) in [6.45, 7) is 0. The van der Waals surface area contributed by atoms with E-state index in [1.54, 1.807) is 24.3 Å². The fourth-order valence-electron chi connectivity index (χ4n) is 0.859. The summed E-state index contributed by atoms with van der Waals surface area (Å²) >= 11 is 0. The molecule has 2 aromatic rings. The van der Waals surface area contributed by atoms with Gasteiger partial charge in [0.05, 0.1) is 0 Å². The van der Waals surface area contributed by atoms with Crippen LogP contribution in [0.1, 0.15) is 10.4 Å². The van der Waals surface area contributed by atoms with Gasteiger partial charge in [-0.15, -0.1) is 0 Å². The predicted octanol–water partition coefficient (Wildman–Crippen LogP) is 1.91. The van der Waals surface area contributed by atoms with Gasteiger partial charge in [-0.2, -0.15) is 12.1 Å². The Labute approximate surface area is 96.5 Å². The summed E-state index contributed by atoms with van der Waals surface area (Å²) in [7, 11) is 0. The van der Waals surface area contributed by atoms with Crippen LogP contribution in [0, 0.1) is 0 Å².